The summed E-state index contributed by atoms with van der Waals surface area (Å²) in [6.07, 6.45) is 4.25. The van der Waals surface area contributed by atoms with Crippen LogP contribution in [0.15, 0.2) is 18.7 Å². The molecule has 0 fully saturated rings. The molecule has 0 amide bonds. The minimum absolute atomic E-state index is 0.297. The van der Waals surface area contributed by atoms with Crippen molar-refractivity contribution in [3.05, 3.63) is 30.1 Å². The highest BCUT2D eigenvalue weighted by Crippen LogP contribution is 2.24. The highest BCUT2D eigenvalue weighted by molar-refractivity contribution is 5.11. The van der Waals surface area contributed by atoms with Gasteiger partial charge in [-0.25, -0.2) is 0 Å². The van der Waals surface area contributed by atoms with Gasteiger partial charge in [-0.15, -0.1) is 6.58 Å². The molecule has 2 N–H and O–H groups in total. The first-order chi connectivity index (χ1) is 8.99. The van der Waals surface area contributed by atoms with Crippen molar-refractivity contribution >= 4 is 0 Å². The average Bonchev–Trinajstić information content (AvgIpc) is 2.75. The van der Waals surface area contributed by atoms with Gasteiger partial charge in [0.25, 0.3) is 0 Å². The van der Waals surface area contributed by atoms with E-state index in [4.69, 9.17) is 0 Å². The number of hydrogen-bond acceptors (Lipinski definition) is 3. The molecule has 0 spiro atoms. The summed E-state index contributed by atoms with van der Waals surface area (Å²) in [4.78, 5) is 2.37. The molecule has 1 aromatic heterocycles. The van der Waals surface area contributed by atoms with Gasteiger partial charge in [-0.1, -0.05) is 13.0 Å². The van der Waals surface area contributed by atoms with Crippen molar-refractivity contribution in [2.24, 2.45) is 0 Å². The number of aryl methyl sites for hydroxylation is 1. The molecule has 4 nitrogen and oxygen atoms in total. The van der Waals surface area contributed by atoms with Crippen LogP contribution < -0.4 is 5.32 Å². The lowest BCUT2D eigenvalue weighted by Gasteiger charge is -2.35. The Bertz CT molecular complexity index is 383. The van der Waals surface area contributed by atoms with Gasteiger partial charge < -0.3 is 0 Å². The first kappa shape index (κ1) is 15.9. The number of nitrogens with one attached hydrogen (secondary N) is 2. The van der Waals surface area contributed by atoms with Crippen LogP contribution in [0.5, 0.6) is 0 Å². The summed E-state index contributed by atoms with van der Waals surface area (Å²) in [7, 11) is 2.16. The Morgan fingerprint density at radius 3 is 2.63 bits per heavy atom. The smallest absolute Gasteiger partial charge is 0.0637 e. The second-order valence-electron chi connectivity index (χ2n) is 5.42. The minimum atomic E-state index is 0.297. The van der Waals surface area contributed by atoms with E-state index in [1.807, 2.05) is 13.0 Å². The zero-order valence-electron chi connectivity index (χ0n) is 12.9. The maximum absolute atomic E-state index is 4.24. The van der Waals surface area contributed by atoms with Gasteiger partial charge in [0, 0.05) is 6.04 Å². The van der Waals surface area contributed by atoms with Crippen molar-refractivity contribution in [1.29, 1.82) is 0 Å². The topological polar surface area (TPSA) is 44.0 Å². The molecule has 108 valence electrons. The first-order valence-electron chi connectivity index (χ1n) is 7.10. The Morgan fingerprint density at radius 1 is 1.53 bits per heavy atom. The van der Waals surface area contributed by atoms with Gasteiger partial charge in [-0.05, 0) is 46.7 Å². The third-order valence-electron chi connectivity index (χ3n) is 3.37. The van der Waals surface area contributed by atoms with Crippen molar-refractivity contribution < 1.29 is 0 Å². The predicted octanol–water partition coefficient (Wildman–Crippen LogP) is 3.00. The van der Waals surface area contributed by atoms with E-state index in [1.54, 1.807) is 0 Å². The fourth-order valence-corrected chi connectivity index (χ4v) is 2.45. The van der Waals surface area contributed by atoms with Crippen LogP contribution in [0.4, 0.5) is 0 Å². The van der Waals surface area contributed by atoms with Crippen molar-refractivity contribution in [2.45, 2.75) is 58.8 Å². The van der Waals surface area contributed by atoms with E-state index < -0.39 is 0 Å². The summed E-state index contributed by atoms with van der Waals surface area (Å²) in [5, 5.41) is 11.0. The molecule has 0 aromatic carbocycles. The standard InChI is InChI=1S/C15H28N4/c1-7-9-15(16-11(3)4)19(6)14(8-2)13-10-12(5)17-18-13/h7,10-11,14-16H,1,8-9H2,2-6H3,(H,17,18). The lowest BCUT2D eigenvalue weighted by atomic mass is 10.1. The number of rotatable bonds is 8. The molecular weight excluding hydrogens is 236 g/mol. The summed E-state index contributed by atoms with van der Waals surface area (Å²) in [5.74, 6) is 0. The number of aromatic amines is 1. The quantitative estimate of drug-likeness (QED) is 0.560. The van der Waals surface area contributed by atoms with Gasteiger partial charge in [-0.3, -0.25) is 15.3 Å². The van der Waals surface area contributed by atoms with Gasteiger partial charge in [-0.2, -0.15) is 5.10 Å². The van der Waals surface area contributed by atoms with Crippen LogP contribution >= 0.6 is 0 Å². The third kappa shape index (κ3) is 4.48. The van der Waals surface area contributed by atoms with E-state index >= 15 is 0 Å². The SMILES string of the molecule is C=CCC(NC(C)C)N(C)C(CC)c1cc(C)n[nH]1. The summed E-state index contributed by atoms with van der Waals surface area (Å²) in [6, 6.07) is 2.93. The Labute approximate surface area is 117 Å². The fraction of sp³-hybridized carbons (Fsp3) is 0.667. The van der Waals surface area contributed by atoms with Crippen LogP contribution in [0.3, 0.4) is 0 Å². The second kappa shape index (κ2) is 7.46. The second-order valence-corrected chi connectivity index (χ2v) is 5.42. The molecule has 2 unspecified atom stereocenters. The van der Waals surface area contributed by atoms with E-state index in [-0.39, 0.29) is 0 Å². The molecular formula is C15H28N4. The van der Waals surface area contributed by atoms with Crippen LogP contribution in [-0.4, -0.2) is 34.4 Å². The zero-order valence-corrected chi connectivity index (χ0v) is 12.9. The monoisotopic (exact) mass is 264 g/mol. The lowest BCUT2D eigenvalue weighted by molar-refractivity contribution is 0.131. The van der Waals surface area contributed by atoms with Crippen molar-refractivity contribution in [1.82, 2.24) is 20.4 Å². The zero-order chi connectivity index (χ0) is 14.4. The number of H-pyrrole nitrogens is 1. The average molecular weight is 264 g/mol. The van der Waals surface area contributed by atoms with E-state index in [0.29, 0.717) is 18.2 Å². The van der Waals surface area contributed by atoms with Crippen LogP contribution in [-0.2, 0) is 0 Å². The molecule has 0 aliphatic carbocycles. The Hall–Kier alpha value is -1.13. The molecule has 0 radical (unpaired) electrons. The molecule has 1 heterocycles. The van der Waals surface area contributed by atoms with Crippen molar-refractivity contribution in [3.8, 4) is 0 Å². The molecule has 0 aliphatic heterocycles. The van der Waals surface area contributed by atoms with Crippen LogP contribution in [0.2, 0.25) is 0 Å². The van der Waals surface area contributed by atoms with E-state index in [9.17, 15) is 0 Å². The maximum Gasteiger partial charge on any atom is 0.0637 e. The van der Waals surface area contributed by atoms with Gasteiger partial charge in [0.15, 0.2) is 0 Å². The molecule has 0 saturated heterocycles. The van der Waals surface area contributed by atoms with Crippen LogP contribution in [0.1, 0.15) is 51.0 Å². The Kier molecular flexibility index (Phi) is 6.25. The van der Waals surface area contributed by atoms with Crippen LogP contribution in [0, 0.1) is 6.92 Å². The predicted molar refractivity (Wildman–Crippen MR) is 81.0 cm³/mol. The molecule has 0 saturated carbocycles. The summed E-state index contributed by atoms with van der Waals surface area (Å²) in [5.41, 5.74) is 2.22. The number of hydrogen-bond donors (Lipinski definition) is 2. The normalized spacial score (nSPS) is 14.9. The summed E-state index contributed by atoms with van der Waals surface area (Å²) in [6.45, 7) is 12.4. The van der Waals surface area contributed by atoms with E-state index in [2.05, 4.69) is 60.9 Å². The van der Waals surface area contributed by atoms with Crippen molar-refractivity contribution in [3.63, 3.8) is 0 Å². The number of aromatic nitrogens is 2. The lowest BCUT2D eigenvalue weighted by Crippen LogP contribution is -2.47. The molecule has 4 heteroatoms. The highest BCUT2D eigenvalue weighted by atomic mass is 15.3. The first-order valence-corrected chi connectivity index (χ1v) is 7.10. The van der Waals surface area contributed by atoms with Crippen LogP contribution in [0.25, 0.3) is 0 Å². The van der Waals surface area contributed by atoms with E-state index in [1.165, 1.54) is 5.69 Å². The molecule has 1 rings (SSSR count). The van der Waals surface area contributed by atoms with Crippen molar-refractivity contribution in [2.75, 3.05) is 7.05 Å². The molecule has 19 heavy (non-hydrogen) atoms. The Morgan fingerprint density at radius 2 is 2.21 bits per heavy atom. The summed E-state index contributed by atoms with van der Waals surface area (Å²) < 4.78 is 0. The fourth-order valence-electron chi connectivity index (χ4n) is 2.45. The molecule has 1 aromatic rings. The minimum Gasteiger partial charge on any atom is -0.299 e. The van der Waals surface area contributed by atoms with Gasteiger partial charge >= 0.3 is 0 Å². The third-order valence-corrected chi connectivity index (χ3v) is 3.37. The van der Waals surface area contributed by atoms with Gasteiger partial charge in [0.05, 0.1) is 23.6 Å². The van der Waals surface area contributed by atoms with E-state index in [0.717, 1.165) is 18.5 Å². The molecule has 0 bridgehead atoms. The number of nitrogens with zero attached hydrogens (tertiary/aromatic N) is 2. The maximum atomic E-state index is 4.24. The molecule has 2 atom stereocenters. The molecule has 0 aliphatic rings. The highest BCUT2D eigenvalue weighted by Gasteiger charge is 2.23. The van der Waals surface area contributed by atoms with Gasteiger partial charge in [0.2, 0.25) is 0 Å². The van der Waals surface area contributed by atoms with Gasteiger partial charge in [0.1, 0.15) is 0 Å². The Balaban J connectivity index is 2.84. The largest absolute Gasteiger partial charge is 0.299 e. The summed E-state index contributed by atoms with van der Waals surface area (Å²) >= 11 is 0.